The zero-order valence-electron chi connectivity index (χ0n) is 23.2. The summed E-state index contributed by atoms with van der Waals surface area (Å²) in [7, 11) is 4.24. The number of unbranched alkanes of at least 4 members (excludes halogenated alkanes) is 13. The van der Waals surface area contributed by atoms with Crippen molar-refractivity contribution in [3.05, 3.63) is 60.7 Å². The summed E-state index contributed by atoms with van der Waals surface area (Å²) >= 11 is 0. The number of ether oxygens (including phenoxy) is 1. The number of benzene rings is 2. The molecule has 0 unspecified atom stereocenters. The third-order valence-electron chi connectivity index (χ3n) is 7.37. The quantitative estimate of drug-likeness (QED) is 0.129. The predicted molar refractivity (Wildman–Crippen MR) is 153 cm³/mol. The van der Waals surface area contributed by atoms with Gasteiger partial charge >= 0.3 is 0 Å². The van der Waals surface area contributed by atoms with Crippen molar-refractivity contribution in [2.75, 3.05) is 6.61 Å². The van der Waals surface area contributed by atoms with Crippen molar-refractivity contribution in [1.82, 2.24) is 4.68 Å². The molecule has 0 saturated heterocycles. The van der Waals surface area contributed by atoms with Crippen molar-refractivity contribution in [1.29, 1.82) is 0 Å². The summed E-state index contributed by atoms with van der Waals surface area (Å²) in [4.78, 5) is 0. The highest BCUT2D eigenvalue weighted by molar-refractivity contribution is 5.76. The second-order valence-corrected chi connectivity index (χ2v) is 10.3. The molecule has 0 N–H and O–H groups in total. The van der Waals surface area contributed by atoms with Gasteiger partial charge in [0.2, 0.25) is 5.75 Å². The molecule has 0 fully saturated rings. The maximum atomic E-state index is 6.54. The van der Waals surface area contributed by atoms with Gasteiger partial charge in [0.05, 0.1) is 19.2 Å². The molecule has 0 aliphatic carbocycles. The lowest BCUT2D eigenvalue weighted by atomic mass is 10.0. The molecule has 2 aromatic carbocycles. The second-order valence-electron chi connectivity index (χ2n) is 10.3. The van der Waals surface area contributed by atoms with Gasteiger partial charge in [0, 0.05) is 5.56 Å². The second kappa shape index (κ2) is 16.2. The standard InChI is InChI=1S/C33H49N2O/c1-4-5-6-7-8-9-10-11-12-13-14-15-16-23-28-36-33-31(29-24-19-17-20-25-29)34(2)35(3)32(33)30-26-21-18-22-27-30/h17-22,24-27H,4-16,23,28H2,1-3H3/q+1. The van der Waals surface area contributed by atoms with Gasteiger partial charge in [0.15, 0.2) is 12.7 Å². The van der Waals surface area contributed by atoms with E-state index >= 15 is 0 Å². The summed E-state index contributed by atoms with van der Waals surface area (Å²) in [6.07, 6.45) is 19.2. The van der Waals surface area contributed by atoms with E-state index in [1.165, 1.54) is 94.6 Å². The molecular weight excluding hydrogens is 440 g/mol. The molecular formula is C33H49N2O+. The molecule has 3 rings (SSSR count). The Kier molecular flexibility index (Phi) is 12.6. The molecule has 196 valence electrons. The van der Waals surface area contributed by atoms with E-state index in [0.29, 0.717) is 0 Å². The SMILES string of the molecule is CCCCCCCCCCCCCCCCOc1c(-c2ccccc2)n(C)[n+](C)c1-c1ccccc1. The molecule has 0 bridgehead atoms. The lowest BCUT2D eigenvalue weighted by Gasteiger charge is -2.08. The molecule has 0 aliphatic heterocycles. The summed E-state index contributed by atoms with van der Waals surface area (Å²) < 4.78 is 11.0. The summed E-state index contributed by atoms with van der Waals surface area (Å²) in [5.41, 5.74) is 4.66. The maximum absolute atomic E-state index is 6.54. The monoisotopic (exact) mass is 489 g/mol. The van der Waals surface area contributed by atoms with Gasteiger partial charge in [0.25, 0.3) is 5.69 Å². The number of rotatable bonds is 18. The molecule has 0 amide bonds. The Balaban J connectivity index is 1.43. The third kappa shape index (κ3) is 8.54. The van der Waals surface area contributed by atoms with E-state index in [1.807, 2.05) is 0 Å². The first kappa shape index (κ1) is 28.0. The fraction of sp³-hybridized carbons (Fsp3) is 0.545. The summed E-state index contributed by atoms with van der Waals surface area (Å²) in [6.45, 7) is 3.06. The Morgan fingerprint density at radius 3 is 1.56 bits per heavy atom. The van der Waals surface area contributed by atoms with Crippen LogP contribution in [0.25, 0.3) is 22.5 Å². The Bertz CT molecular complexity index is 915. The van der Waals surface area contributed by atoms with Crippen LogP contribution in [-0.4, -0.2) is 11.3 Å². The molecule has 1 heterocycles. The minimum atomic E-state index is 0.766. The van der Waals surface area contributed by atoms with Gasteiger partial charge in [0.1, 0.15) is 0 Å². The van der Waals surface area contributed by atoms with Crippen LogP contribution in [0.5, 0.6) is 5.75 Å². The fourth-order valence-corrected chi connectivity index (χ4v) is 5.14. The molecule has 3 nitrogen and oxygen atoms in total. The van der Waals surface area contributed by atoms with Gasteiger partial charge in [-0.2, -0.15) is 4.68 Å². The van der Waals surface area contributed by atoms with Crippen LogP contribution in [0.3, 0.4) is 0 Å². The van der Waals surface area contributed by atoms with Crippen molar-refractivity contribution < 1.29 is 9.42 Å². The predicted octanol–water partition coefficient (Wildman–Crippen LogP) is 9.04. The van der Waals surface area contributed by atoms with Crippen molar-refractivity contribution in [2.24, 2.45) is 14.1 Å². The van der Waals surface area contributed by atoms with Gasteiger partial charge in [-0.3, -0.25) is 0 Å². The van der Waals surface area contributed by atoms with Crippen molar-refractivity contribution in [3.8, 4) is 28.3 Å². The Morgan fingerprint density at radius 1 is 0.611 bits per heavy atom. The van der Waals surface area contributed by atoms with Crippen LogP contribution >= 0.6 is 0 Å². The number of nitrogens with zero attached hydrogens (tertiary/aromatic N) is 2. The lowest BCUT2D eigenvalue weighted by Crippen LogP contribution is -2.39. The largest absolute Gasteiger partial charge is 0.485 e. The van der Waals surface area contributed by atoms with Crippen molar-refractivity contribution in [3.63, 3.8) is 0 Å². The van der Waals surface area contributed by atoms with E-state index in [1.54, 1.807) is 0 Å². The highest BCUT2D eigenvalue weighted by Gasteiger charge is 2.30. The average Bonchev–Trinajstić information content (AvgIpc) is 3.16. The first-order valence-corrected chi connectivity index (χ1v) is 14.6. The van der Waals surface area contributed by atoms with Gasteiger partial charge in [-0.15, -0.1) is 4.68 Å². The lowest BCUT2D eigenvalue weighted by molar-refractivity contribution is -0.740. The molecule has 36 heavy (non-hydrogen) atoms. The van der Waals surface area contributed by atoms with Crippen LogP contribution in [0.1, 0.15) is 96.8 Å². The Morgan fingerprint density at radius 2 is 1.06 bits per heavy atom. The van der Waals surface area contributed by atoms with Crippen LogP contribution in [0.2, 0.25) is 0 Å². The van der Waals surface area contributed by atoms with E-state index in [2.05, 4.69) is 91.0 Å². The maximum Gasteiger partial charge on any atom is 0.280 e. The molecule has 0 atom stereocenters. The molecule has 1 aromatic heterocycles. The molecule has 0 spiro atoms. The van der Waals surface area contributed by atoms with E-state index in [-0.39, 0.29) is 0 Å². The van der Waals surface area contributed by atoms with E-state index in [4.69, 9.17) is 4.74 Å². The van der Waals surface area contributed by atoms with Gasteiger partial charge in [-0.05, 0) is 18.6 Å². The Labute approximate surface area is 220 Å². The van der Waals surface area contributed by atoms with Gasteiger partial charge in [-0.25, -0.2) is 0 Å². The molecule has 3 heteroatoms. The van der Waals surface area contributed by atoms with Crippen LogP contribution in [0.15, 0.2) is 60.7 Å². The fourth-order valence-electron chi connectivity index (χ4n) is 5.14. The van der Waals surface area contributed by atoms with Crippen LogP contribution in [0, 0.1) is 0 Å². The normalized spacial score (nSPS) is 11.2. The van der Waals surface area contributed by atoms with Crippen LogP contribution in [-0.2, 0) is 14.1 Å². The number of hydrogen-bond acceptors (Lipinski definition) is 1. The highest BCUT2D eigenvalue weighted by Crippen LogP contribution is 2.37. The highest BCUT2D eigenvalue weighted by atomic mass is 16.5. The topological polar surface area (TPSA) is 18.0 Å². The van der Waals surface area contributed by atoms with Crippen molar-refractivity contribution >= 4 is 0 Å². The van der Waals surface area contributed by atoms with Crippen molar-refractivity contribution in [2.45, 2.75) is 96.8 Å². The van der Waals surface area contributed by atoms with Crippen LogP contribution in [0.4, 0.5) is 0 Å². The molecule has 3 aromatic rings. The van der Waals surface area contributed by atoms with Gasteiger partial charge < -0.3 is 4.74 Å². The number of aromatic nitrogens is 2. The van der Waals surface area contributed by atoms with E-state index in [9.17, 15) is 0 Å². The number of hydrogen-bond donors (Lipinski definition) is 0. The zero-order chi connectivity index (χ0) is 25.4. The minimum absolute atomic E-state index is 0.766. The van der Waals surface area contributed by atoms with E-state index in [0.717, 1.165) is 30.2 Å². The first-order chi connectivity index (χ1) is 17.7. The van der Waals surface area contributed by atoms with Crippen LogP contribution < -0.4 is 9.42 Å². The summed E-state index contributed by atoms with van der Waals surface area (Å²) in [5.74, 6) is 0.993. The minimum Gasteiger partial charge on any atom is -0.485 e. The summed E-state index contributed by atoms with van der Waals surface area (Å²) in [6, 6.07) is 21.2. The Hall–Kier alpha value is -2.55. The first-order valence-electron chi connectivity index (χ1n) is 14.6. The van der Waals surface area contributed by atoms with Gasteiger partial charge in [-0.1, -0.05) is 139 Å². The van der Waals surface area contributed by atoms with E-state index < -0.39 is 0 Å². The smallest absolute Gasteiger partial charge is 0.280 e. The molecule has 0 aliphatic rings. The zero-order valence-corrected chi connectivity index (χ0v) is 23.2. The molecule has 0 saturated carbocycles. The summed E-state index contributed by atoms with van der Waals surface area (Å²) in [5, 5.41) is 0. The third-order valence-corrected chi connectivity index (χ3v) is 7.37. The average molecular weight is 490 g/mol. The molecule has 0 radical (unpaired) electrons.